The number of benzene rings is 1. The Balaban J connectivity index is 2.38. The van der Waals surface area contributed by atoms with Crippen LogP contribution in [-0.2, 0) is 0 Å². The highest BCUT2D eigenvalue weighted by atomic mass is 79.9. The molecule has 2 rings (SSSR count). The molecule has 1 atom stereocenters. The van der Waals surface area contributed by atoms with Gasteiger partial charge in [-0.25, -0.2) is 0 Å². The van der Waals surface area contributed by atoms with E-state index >= 15 is 0 Å². The van der Waals surface area contributed by atoms with Crippen LogP contribution in [-0.4, -0.2) is 0 Å². The number of hydrogen-bond donors (Lipinski definition) is 0. The van der Waals surface area contributed by atoms with Gasteiger partial charge in [-0.2, -0.15) is 0 Å². The molecule has 0 bridgehead atoms. The Morgan fingerprint density at radius 1 is 1.25 bits per heavy atom. The van der Waals surface area contributed by atoms with Gasteiger partial charge in [0.15, 0.2) is 0 Å². The zero-order chi connectivity index (χ0) is 11.5. The molecule has 2 heteroatoms. The number of halogens is 1. The molecule has 0 N–H and O–H groups in total. The largest absolute Gasteiger partial charge is 0.139 e. The minimum Gasteiger partial charge on any atom is -0.139 e. The lowest BCUT2D eigenvalue weighted by atomic mass is 10.1. The van der Waals surface area contributed by atoms with Crippen LogP contribution in [0.4, 0.5) is 0 Å². The first kappa shape index (κ1) is 11.9. The van der Waals surface area contributed by atoms with E-state index in [0.29, 0.717) is 5.92 Å². The predicted octanol–water partition coefficient (Wildman–Crippen LogP) is 5.69. The highest BCUT2D eigenvalue weighted by Gasteiger charge is 2.12. The molecule has 0 aliphatic heterocycles. The normalized spacial score (nSPS) is 12.7. The summed E-state index contributed by atoms with van der Waals surface area (Å²) < 4.78 is 1.26. The second-order valence-corrected chi connectivity index (χ2v) is 5.94. The molecule has 0 aliphatic rings. The summed E-state index contributed by atoms with van der Waals surface area (Å²) >= 11 is 5.56. The summed E-state index contributed by atoms with van der Waals surface area (Å²) in [5, 5.41) is 0. The molecule has 16 heavy (non-hydrogen) atoms. The van der Waals surface area contributed by atoms with E-state index in [1.165, 1.54) is 26.2 Å². The van der Waals surface area contributed by atoms with Crippen LogP contribution in [0.1, 0.15) is 31.1 Å². The van der Waals surface area contributed by atoms with Crippen LogP contribution in [0, 0.1) is 0 Å². The average Bonchev–Trinajstić information content (AvgIpc) is 2.71. The second kappa shape index (κ2) is 5.15. The maximum Gasteiger partial charge on any atom is 0.0357 e. The summed E-state index contributed by atoms with van der Waals surface area (Å²) in [5.74, 6) is 0.636. The Hall–Kier alpha value is -0.600. The third-order valence-corrected chi connectivity index (χ3v) is 5.17. The van der Waals surface area contributed by atoms with Crippen molar-refractivity contribution in [3.63, 3.8) is 0 Å². The van der Waals surface area contributed by atoms with Crippen LogP contribution in [0.25, 0.3) is 10.4 Å². The Bertz CT molecular complexity index is 459. The lowest BCUT2D eigenvalue weighted by Crippen LogP contribution is -1.86. The molecular formula is C14H15BrS. The summed E-state index contributed by atoms with van der Waals surface area (Å²) in [6.07, 6.45) is 1.19. The Morgan fingerprint density at radius 3 is 2.56 bits per heavy atom. The van der Waals surface area contributed by atoms with Crippen molar-refractivity contribution in [1.29, 1.82) is 0 Å². The van der Waals surface area contributed by atoms with Crippen molar-refractivity contribution in [3.05, 3.63) is 45.7 Å². The predicted molar refractivity (Wildman–Crippen MR) is 76.2 cm³/mol. The van der Waals surface area contributed by atoms with Gasteiger partial charge in [-0.3, -0.25) is 0 Å². The number of rotatable bonds is 3. The van der Waals surface area contributed by atoms with E-state index in [1.807, 2.05) is 11.3 Å². The van der Waals surface area contributed by atoms with Crippen LogP contribution >= 0.6 is 27.3 Å². The topological polar surface area (TPSA) is 0 Å². The van der Waals surface area contributed by atoms with E-state index in [9.17, 15) is 0 Å². The first-order valence-electron chi connectivity index (χ1n) is 5.57. The van der Waals surface area contributed by atoms with Crippen LogP contribution in [0.5, 0.6) is 0 Å². The molecule has 0 nitrogen and oxygen atoms in total. The summed E-state index contributed by atoms with van der Waals surface area (Å²) in [5.41, 5.74) is 1.31. The fourth-order valence-corrected chi connectivity index (χ4v) is 3.85. The number of hydrogen-bond acceptors (Lipinski definition) is 1. The molecule has 0 saturated heterocycles. The smallest absolute Gasteiger partial charge is 0.0357 e. The van der Waals surface area contributed by atoms with Crippen LogP contribution < -0.4 is 0 Å². The van der Waals surface area contributed by atoms with Gasteiger partial charge in [0.1, 0.15) is 0 Å². The molecule has 0 spiro atoms. The van der Waals surface area contributed by atoms with Gasteiger partial charge in [0.25, 0.3) is 0 Å². The van der Waals surface area contributed by atoms with Gasteiger partial charge in [0.2, 0.25) is 0 Å². The maximum absolute atomic E-state index is 3.67. The van der Waals surface area contributed by atoms with Gasteiger partial charge in [0.05, 0.1) is 0 Å². The summed E-state index contributed by atoms with van der Waals surface area (Å²) in [7, 11) is 0. The van der Waals surface area contributed by atoms with E-state index in [1.54, 1.807) is 0 Å². The Morgan fingerprint density at radius 2 is 1.94 bits per heavy atom. The second-order valence-electron chi connectivity index (χ2n) is 4.00. The summed E-state index contributed by atoms with van der Waals surface area (Å²) in [4.78, 5) is 2.81. The van der Waals surface area contributed by atoms with E-state index in [-0.39, 0.29) is 0 Å². The highest BCUT2D eigenvalue weighted by molar-refractivity contribution is 9.10. The van der Waals surface area contributed by atoms with Crippen molar-refractivity contribution in [2.75, 3.05) is 0 Å². The zero-order valence-corrected chi connectivity index (χ0v) is 11.9. The van der Waals surface area contributed by atoms with E-state index in [4.69, 9.17) is 0 Å². The van der Waals surface area contributed by atoms with Gasteiger partial charge < -0.3 is 0 Å². The van der Waals surface area contributed by atoms with Crippen molar-refractivity contribution in [3.8, 4) is 10.4 Å². The molecule has 0 saturated carbocycles. The average molecular weight is 295 g/mol. The zero-order valence-electron chi connectivity index (χ0n) is 9.53. The van der Waals surface area contributed by atoms with Crippen molar-refractivity contribution in [2.24, 2.45) is 0 Å². The van der Waals surface area contributed by atoms with Crippen molar-refractivity contribution in [2.45, 2.75) is 26.2 Å². The van der Waals surface area contributed by atoms with Crippen LogP contribution in [0.2, 0.25) is 0 Å². The SMILES string of the molecule is CCC(C)c1sc(-c2ccccc2)cc1Br. The standard InChI is InChI=1S/C14H15BrS/c1-3-10(2)14-12(15)9-13(16-14)11-7-5-4-6-8-11/h4-10H,3H2,1-2H3. The molecular weight excluding hydrogens is 280 g/mol. The van der Waals surface area contributed by atoms with Gasteiger partial charge in [-0.1, -0.05) is 44.2 Å². The molecule has 0 aliphatic carbocycles. The van der Waals surface area contributed by atoms with E-state index in [2.05, 4.69) is 66.2 Å². The first-order chi connectivity index (χ1) is 7.72. The molecule has 0 fully saturated rings. The fraction of sp³-hybridized carbons (Fsp3) is 0.286. The lowest BCUT2D eigenvalue weighted by molar-refractivity contribution is 0.745. The van der Waals surface area contributed by atoms with E-state index in [0.717, 1.165) is 0 Å². The minimum atomic E-state index is 0.636. The fourth-order valence-electron chi connectivity index (χ4n) is 1.65. The first-order valence-corrected chi connectivity index (χ1v) is 7.18. The number of thiophene rings is 1. The third kappa shape index (κ3) is 2.38. The molecule has 0 radical (unpaired) electrons. The van der Waals surface area contributed by atoms with E-state index < -0.39 is 0 Å². The minimum absolute atomic E-state index is 0.636. The molecule has 0 amide bonds. The maximum atomic E-state index is 3.67. The molecule has 1 aromatic carbocycles. The molecule has 1 unspecified atom stereocenters. The highest BCUT2D eigenvalue weighted by Crippen LogP contribution is 2.39. The lowest BCUT2D eigenvalue weighted by Gasteiger charge is -2.05. The van der Waals surface area contributed by atoms with Gasteiger partial charge in [-0.05, 0) is 39.9 Å². The van der Waals surface area contributed by atoms with Crippen molar-refractivity contribution >= 4 is 27.3 Å². The van der Waals surface area contributed by atoms with Crippen molar-refractivity contribution in [1.82, 2.24) is 0 Å². The third-order valence-electron chi connectivity index (χ3n) is 2.83. The molecule has 1 heterocycles. The monoisotopic (exact) mass is 294 g/mol. The van der Waals surface area contributed by atoms with Crippen molar-refractivity contribution < 1.29 is 0 Å². The quantitative estimate of drug-likeness (QED) is 0.682. The van der Waals surface area contributed by atoms with Gasteiger partial charge in [0, 0.05) is 14.2 Å². The summed E-state index contributed by atoms with van der Waals surface area (Å²) in [6, 6.07) is 12.8. The van der Waals surface area contributed by atoms with Crippen LogP contribution in [0.3, 0.4) is 0 Å². The van der Waals surface area contributed by atoms with Crippen LogP contribution in [0.15, 0.2) is 40.9 Å². The Kier molecular flexibility index (Phi) is 3.82. The molecule has 1 aromatic heterocycles. The van der Waals surface area contributed by atoms with Gasteiger partial charge >= 0.3 is 0 Å². The van der Waals surface area contributed by atoms with Gasteiger partial charge in [-0.15, -0.1) is 11.3 Å². The summed E-state index contributed by atoms with van der Waals surface area (Å²) in [6.45, 7) is 4.52. The molecule has 2 aromatic rings. The Labute approximate surface area is 109 Å². The molecule has 84 valence electrons.